The zero-order valence-corrected chi connectivity index (χ0v) is 5.63. The maximum absolute atomic E-state index is 4.89. The molecule has 0 aromatic carbocycles. The second-order valence-electron chi connectivity index (χ2n) is 2.08. The summed E-state index contributed by atoms with van der Waals surface area (Å²) in [6.07, 6.45) is 1.18. The molecule has 1 aliphatic heterocycles. The Balaban J connectivity index is 1.80. The maximum atomic E-state index is 4.89. The third-order valence-corrected chi connectivity index (χ3v) is 1.10. The van der Waals surface area contributed by atoms with Gasteiger partial charge in [0.1, 0.15) is 6.10 Å². The van der Waals surface area contributed by atoms with Crippen molar-refractivity contribution in [1.82, 2.24) is 0 Å². The highest BCUT2D eigenvalue weighted by atomic mass is 17.2. The van der Waals surface area contributed by atoms with Crippen molar-refractivity contribution in [2.75, 3.05) is 19.8 Å². The van der Waals surface area contributed by atoms with E-state index in [1.807, 2.05) is 6.92 Å². The number of hydrogen-bond acceptors (Lipinski definition) is 3. The molecule has 0 saturated carbocycles. The molecular formula is C6H12O3. The van der Waals surface area contributed by atoms with Crippen LogP contribution in [0.4, 0.5) is 0 Å². The van der Waals surface area contributed by atoms with Gasteiger partial charge in [0, 0.05) is 0 Å². The van der Waals surface area contributed by atoms with Crippen LogP contribution in [-0.4, -0.2) is 25.9 Å². The van der Waals surface area contributed by atoms with E-state index in [0.29, 0.717) is 19.8 Å². The number of rotatable bonds is 4. The van der Waals surface area contributed by atoms with Crippen LogP contribution in [0, 0.1) is 0 Å². The average molecular weight is 132 g/mol. The summed E-state index contributed by atoms with van der Waals surface area (Å²) in [5.74, 6) is 0. The van der Waals surface area contributed by atoms with E-state index >= 15 is 0 Å². The van der Waals surface area contributed by atoms with Crippen molar-refractivity contribution in [3.8, 4) is 0 Å². The molecule has 0 bridgehead atoms. The zero-order chi connectivity index (χ0) is 6.53. The Labute approximate surface area is 54.8 Å². The molecule has 0 radical (unpaired) electrons. The van der Waals surface area contributed by atoms with Gasteiger partial charge < -0.3 is 4.74 Å². The first kappa shape index (κ1) is 6.99. The highest BCUT2D eigenvalue weighted by Gasteiger charge is 2.19. The van der Waals surface area contributed by atoms with Crippen LogP contribution in [0.1, 0.15) is 13.3 Å². The van der Waals surface area contributed by atoms with E-state index in [2.05, 4.69) is 0 Å². The SMILES string of the molecule is CCCOOC1COC1. The zero-order valence-electron chi connectivity index (χ0n) is 5.63. The van der Waals surface area contributed by atoms with Crippen molar-refractivity contribution >= 4 is 0 Å². The number of hydrogen-bond donors (Lipinski definition) is 0. The molecule has 9 heavy (non-hydrogen) atoms. The van der Waals surface area contributed by atoms with Gasteiger partial charge in [-0.05, 0) is 6.42 Å². The predicted octanol–water partition coefficient (Wildman–Crippen LogP) is 0.743. The van der Waals surface area contributed by atoms with Crippen LogP contribution >= 0.6 is 0 Å². The second kappa shape index (κ2) is 3.82. The van der Waals surface area contributed by atoms with Crippen LogP contribution < -0.4 is 0 Å². The molecule has 3 nitrogen and oxygen atoms in total. The Hall–Kier alpha value is -0.120. The monoisotopic (exact) mass is 132 g/mol. The minimum atomic E-state index is 0.191. The van der Waals surface area contributed by atoms with Crippen molar-refractivity contribution in [2.24, 2.45) is 0 Å². The first-order chi connectivity index (χ1) is 4.43. The van der Waals surface area contributed by atoms with E-state index in [-0.39, 0.29) is 6.10 Å². The Bertz CT molecular complexity index is 70.7. The van der Waals surface area contributed by atoms with Crippen molar-refractivity contribution in [3.63, 3.8) is 0 Å². The Morgan fingerprint density at radius 2 is 2.33 bits per heavy atom. The molecule has 0 aromatic rings. The molecule has 0 aliphatic carbocycles. The number of ether oxygens (including phenoxy) is 1. The minimum Gasteiger partial charge on any atom is -0.376 e. The molecule has 0 N–H and O–H groups in total. The highest BCUT2D eigenvalue weighted by molar-refractivity contribution is 4.61. The summed E-state index contributed by atoms with van der Waals surface area (Å²) in [4.78, 5) is 9.70. The fraction of sp³-hybridized carbons (Fsp3) is 1.00. The van der Waals surface area contributed by atoms with E-state index in [1.54, 1.807) is 0 Å². The predicted molar refractivity (Wildman–Crippen MR) is 31.9 cm³/mol. The standard InChI is InChI=1S/C6H12O3/c1-2-3-8-9-6-4-7-5-6/h6H,2-5H2,1H3. The van der Waals surface area contributed by atoms with Gasteiger partial charge in [0.15, 0.2) is 0 Å². The third kappa shape index (κ3) is 2.30. The van der Waals surface area contributed by atoms with Gasteiger partial charge in [-0.2, -0.15) is 0 Å². The fourth-order valence-electron chi connectivity index (χ4n) is 0.497. The van der Waals surface area contributed by atoms with Gasteiger partial charge in [-0.15, -0.1) is 0 Å². The molecule has 0 aromatic heterocycles. The van der Waals surface area contributed by atoms with Gasteiger partial charge in [-0.3, -0.25) is 0 Å². The van der Waals surface area contributed by atoms with Crippen LogP contribution in [0.15, 0.2) is 0 Å². The lowest BCUT2D eigenvalue weighted by Gasteiger charge is -2.24. The van der Waals surface area contributed by atoms with Crippen LogP contribution in [0.2, 0.25) is 0 Å². The van der Waals surface area contributed by atoms with Gasteiger partial charge in [0.2, 0.25) is 0 Å². The van der Waals surface area contributed by atoms with Gasteiger partial charge in [-0.1, -0.05) is 6.92 Å². The maximum Gasteiger partial charge on any atom is 0.139 e. The Morgan fingerprint density at radius 3 is 2.78 bits per heavy atom. The molecule has 1 rings (SSSR count). The van der Waals surface area contributed by atoms with Crippen molar-refractivity contribution in [1.29, 1.82) is 0 Å². The quantitative estimate of drug-likeness (QED) is 0.321. The van der Waals surface area contributed by atoms with Crippen LogP contribution in [0.5, 0.6) is 0 Å². The van der Waals surface area contributed by atoms with E-state index in [4.69, 9.17) is 14.5 Å². The van der Waals surface area contributed by atoms with Crippen LogP contribution in [-0.2, 0) is 14.5 Å². The largest absolute Gasteiger partial charge is 0.376 e. The van der Waals surface area contributed by atoms with E-state index < -0.39 is 0 Å². The molecule has 54 valence electrons. The van der Waals surface area contributed by atoms with E-state index in [9.17, 15) is 0 Å². The third-order valence-electron chi connectivity index (χ3n) is 1.10. The van der Waals surface area contributed by atoms with Gasteiger partial charge in [0.25, 0.3) is 0 Å². The first-order valence-corrected chi connectivity index (χ1v) is 3.29. The lowest BCUT2D eigenvalue weighted by molar-refractivity contribution is -0.359. The van der Waals surface area contributed by atoms with Crippen LogP contribution in [0.25, 0.3) is 0 Å². The van der Waals surface area contributed by atoms with E-state index in [1.165, 1.54) is 0 Å². The average Bonchev–Trinajstić information content (AvgIpc) is 1.76. The van der Waals surface area contributed by atoms with Crippen molar-refractivity contribution in [3.05, 3.63) is 0 Å². The van der Waals surface area contributed by atoms with Crippen molar-refractivity contribution in [2.45, 2.75) is 19.4 Å². The summed E-state index contributed by atoms with van der Waals surface area (Å²) in [6, 6.07) is 0. The summed E-state index contributed by atoms with van der Waals surface area (Å²) in [7, 11) is 0. The molecule has 3 heteroatoms. The topological polar surface area (TPSA) is 27.7 Å². The minimum absolute atomic E-state index is 0.191. The van der Waals surface area contributed by atoms with Gasteiger partial charge >= 0.3 is 0 Å². The molecule has 1 aliphatic rings. The summed E-state index contributed by atoms with van der Waals surface area (Å²) in [6.45, 7) is 4.09. The first-order valence-electron chi connectivity index (χ1n) is 3.29. The highest BCUT2D eigenvalue weighted by Crippen LogP contribution is 2.05. The molecule has 0 amide bonds. The smallest absolute Gasteiger partial charge is 0.139 e. The second-order valence-corrected chi connectivity index (χ2v) is 2.08. The lowest BCUT2D eigenvalue weighted by Crippen LogP contribution is -2.36. The molecular weight excluding hydrogens is 120 g/mol. The Kier molecular flexibility index (Phi) is 2.97. The summed E-state index contributed by atoms with van der Waals surface area (Å²) in [5, 5.41) is 0. The van der Waals surface area contributed by atoms with E-state index in [0.717, 1.165) is 6.42 Å². The molecule has 0 unspecified atom stereocenters. The molecule has 0 spiro atoms. The van der Waals surface area contributed by atoms with Crippen molar-refractivity contribution < 1.29 is 14.5 Å². The molecule has 1 fully saturated rings. The molecule has 1 heterocycles. The molecule has 0 atom stereocenters. The normalized spacial score (nSPS) is 19.7. The Morgan fingerprint density at radius 1 is 1.56 bits per heavy atom. The summed E-state index contributed by atoms with van der Waals surface area (Å²) < 4.78 is 4.86. The fourth-order valence-corrected chi connectivity index (χ4v) is 0.497. The van der Waals surface area contributed by atoms with Gasteiger partial charge in [-0.25, -0.2) is 9.78 Å². The summed E-state index contributed by atoms with van der Waals surface area (Å²) in [5.41, 5.74) is 0. The van der Waals surface area contributed by atoms with Gasteiger partial charge in [0.05, 0.1) is 19.8 Å². The summed E-state index contributed by atoms with van der Waals surface area (Å²) >= 11 is 0. The molecule has 1 saturated heterocycles. The van der Waals surface area contributed by atoms with Crippen LogP contribution in [0.3, 0.4) is 0 Å². The lowest BCUT2D eigenvalue weighted by atomic mass is 10.3.